The van der Waals surface area contributed by atoms with Crippen molar-refractivity contribution in [2.24, 2.45) is 7.05 Å². The van der Waals surface area contributed by atoms with Crippen molar-refractivity contribution in [1.82, 2.24) is 38.8 Å². The molecule has 2 amide bonds. The van der Waals surface area contributed by atoms with E-state index in [0.29, 0.717) is 24.6 Å². The van der Waals surface area contributed by atoms with Gasteiger partial charge in [0.1, 0.15) is 11.7 Å². The molecule has 0 spiro atoms. The van der Waals surface area contributed by atoms with E-state index in [0.717, 1.165) is 113 Å². The van der Waals surface area contributed by atoms with Crippen molar-refractivity contribution in [1.29, 1.82) is 0 Å². The van der Waals surface area contributed by atoms with Crippen molar-refractivity contribution in [3.8, 4) is 11.1 Å². The Morgan fingerprint density at radius 3 is 2.41 bits per heavy atom. The van der Waals surface area contributed by atoms with Gasteiger partial charge in [-0.1, -0.05) is 62.9 Å². The van der Waals surface area contributed by atoms with Crippen LogP contribution >= 0.6 is 0 Å². The van der Waals surface area contributed by atoms with E-state index >= 15 is 0 Å². The fourth-order valence-electron chi connectivity index (χ4n) is 9.24. The number of ether oxygens (including phenoxy) is 1. The summed E-state index contributed by atoms with van der Waals surface area (Å²) in [4.78, 5) is 52.1. The lowest BCUT2D eigenvalue weighted by Crippen LogP contribution is -2.46. The maximum absolute atomic E-state index is 13.1. The number of imidazole rings is 1. The lowest BCUT2D eigenvalue weighted by atomic mass is 9.95. The molecule has 5 heterocycles. The van der Waals surface area contributed by atoms with E-state index < -0.39 is 11.9 Å². The van der Waals surface area contributed by atoms with Gasteiger partial charge in [-0.25, -0.2) is 9.78 Å². The number of piperidine rings is 1. The highest BCUT2D eigenvalue weighted by atomic mass is 16.5. The zero-order chi connectivity index (χ0) is 40.7. The second-order valence-corrected chi connectivity index (χ2v) is 16.8. The van der Waals surface area contributed by atoms with E-state index in [9.17, 15) is 14.4 Å². The number of hydrogen-bond acceptors (Lipinski definition) is 9. The van der Waals surface area contributed by atoms with E-state index in [2.05, 4.69) is 62.4 Å². The fourth-order valence-corrected chi connectivity index (χ4v) is 9.24. The minimum atomic E-state index is -0.670. The van der Waals surface area contributed by atoms with Crippen LogP contribution in [0.3, 0.4) is 0 Å². The minimum absolute atomic E-state index is 0.231. The molecule has 13 nitrogen and oxygen atoms in total. The summed E-state index contributed by atoms with van der Waals surface area (Å²) >= 11 is 0. The molecule has 3 aromatic heterocycles. The highest BCUT2D eigenvalue weighted by molar-refractivity contribution is 6.00. The molecule has 3 aliphatic rings. The quantitative estimate of drug-likeness (QED) is 0.0789. The number of piperazine rings is 1. The van der Waals surface area contributed by atoms with Gasteiger partial charge >= 0.3 is 5.69 Å². The third-order valence-corrected chi connectivity index (χ3v) is 12.7. The van der Waals surface area contributed by atoms with Crippen molar-refractivity contribution in [2.75, 3.05) is 57.8 Å². The molecule has 2 N–H and O–H groups in total. The highest BCUT2D eigenvalue weighted by Crippen LogP contribution is 2.37. The highest BCUT2D eigenvalue weighted by Gasteiger charge is 2.31. The summed E-state index contributed by atoms with van der Waals surface area (Å²) in [6.07, 6.45) is 16.3. The lowest BCUT2D eigenvalue weighted by molar-refractivity contribution is -0.135. The summed E-state index contributed by atoms with van der Waals surface area (Å²) < 4.78 is 11.6. The van der Waals surface area contributed by atoms with Crippen molar-refractivity contribution in [2.45, 2.75) is 103 Å². The number of nitrogens with zero attached hydrogens (tertiary/aromatic N) is 7. The zero-order valence-corrected chi connectivity index (χ0v) is 35.0. The van der Waals surface area contributed by atoms with Gasteiger partial charge in [-0.2, -0.15) is 4.98 Å². The number of nitrogens with one attached hydrogen (secondary N) is 2. The Kier molecular flexibility index (Phi) is 13.2. The number of amides is 2. The van der Waals surface area contributed by atoms with Gasteiger partial charge in [0.05, 0.1) is 11.0 Å². The van der Waals surface area contributed by atoms with E-state index in [1.54, 1.807) is 11.6 Å². The van der Waals surface area contributed by atoms with Crippen molar-refractivity contribution < 1.29 is 14.3 Å². The number of anilines is 1. The number of imide groups is 1. The van der Waals surface area contributed by atoms with Crippen molar-refractivity contribution in [3.05, 3.63) is 76.5 Å². The van der Waals surface area contributed by atoms with Crippen LogP contribution in [0.15, 0.2) is 59.7 Å². The molecule has 0 radical (unpaired) electrons. The number of hydrogen-bond donors (Lipinski definition) is 2. The van der Waals surface area contributed by atoms with Gasteiger partial charge in [-0.15, -0.1) is 0 Å². The predicted molar refractivity (Wildman–Crippen MR) is 233 cm³/mol. The Hall–Kier alpha value is -4.85. The van der Waals surface area contributed by atoms with Crippen LogP contribution in [0.2, 0.25) is 0 Å². The average Bonchev–Trinajstić information content (AvgIpc) is 3.75. The first-order valence-corrected chi connectivity index (χ1v) is 22.1. The molecule has 1 atom stereocenters. The molecule has 3 fully saturated rings. The number of carbonyl (C=O) groups excluding carboxylic acids is 2. The average molecular weight is 804 g/mol. The Labute approximate surface area is 347 Å². The third-order valence-electron chi connectivity index (χ3n) is 12.7. The molecule has 2 aliphatic heterocycles. The van der Waals surface area contributed by atoms with E-state index in [1.807, 2.05) is 24.4 Å². The summed E-state index contributed by atoms with van der Waals surface area (Å²) in [5.41, 5.74) is 7.25. The summed E-state index contributed by atoms with van der Waals surface area (Å²) in [7, 11) is 1.73. The number of aromatic nitrogens is 5. The van der Waals surface area contributed by atoms with E-state index in [4.69, 9.17) is 14.7 Å². The molecule has 0 bridgehead atoms. The summed E-state index contributed by atoms with van der Waals surface area (Å²) in [6, 6.07) is 15.0. The van der Waals surface area contributed by atoms with Crippen LogP contribution in [-0.2, 0) is 34.3 Å². The van der Waals surface area contributed by atoms with Gasteiger partial charge < -0.3 is 19.5 Å². The van der Waals surface area contributed by atoms with Crippen molar-refractivity contribution >= 4 is 39.8 Å². The first kappa shape index (κ1) is 40.9. The molecule has 59 heavy (non-hydrogen) atoms. The smallest absolute Gasteiger partial charge is 0.329 e. The monoisotopic (exact) mass is 803 g/mol. The number of aryl methyl sites for hydroxylation is 2. The fraction of sp³-hybridized carbons (Fsp3) is 0.543. The molecule has 2 saturated heterocycles. The molecule has 2 aromatic carbocycles. The molecule has 1 aliphatic carbocycles. The molecule has 8 rings (SSSR count). The normalized spacial score (nSPS) is 18.6. The predicted octanol–water partition coefficient (Wildman–Crippen LogP) is 6.60. The van der Waals surface area contributed by atoms with Gasteiger partial charge in [0.2, 0.25) is 17.8 Å². The van der Waals surface area contributed by atoms with Gasteiger partial charge in [0, 0.05) is 102 Å². The van der Waals surface area contributed by atoms with Crippen LogP contribution in [0, 0.1) is 0 Å². The second kappa shape index (κ2) is 19.0. The molecule has 5 aromatic rings. The lowest BCUT2D eigenvalue weighted by Gasteiger charge is -2.34. The molecule has 0 unspecified atom stereocenters. The number of carbonyl (C=O) groups is 2. The summed E-state index contributed by atoms with van der Waals surface area (Å²) in [5, 5.41) is 6.94. The van der Waals surface area contributed by atoms with Gasteiger partial charge in [-0.05, 0) is 73.8 Å². The molecular formula is C46H61N9O4. The van der Waals surface area contributed by atoms with Crippen molar-refractivity contribution in [3.63, 3.8) is 0 Å². The first-order chi connectivity index (χ1) is 28.9. The molecule has 1 saturated carbocycles. The van der Waals surface area contributed by atoms with Gasteiger partial charge in [0.25, 0.3) is 0 Å². The Balaban J connectivity index is 0.762. The maximum Gasteiger partial charge on any atom is 0.329 e. The number of rotatable bonds is 17. The number of benzene rings is 2. The first-order valence-electron chi connectivity index (χ1n) is 22.1. The van der Waals surface area contributed by atoms with Gasteiger partial charge in [0.15, 0.2) is 0 Å². The van der Waals surface area contributed by atoms with Crippen LogP contribution in [0.1, 0.15) is 101 Å². The largest absolute Gasteiger partial charge is 0.381 e. The third kappa shape index (κ3) is 9.47. The zero-order valence-electron chi connectivity index (χ0n) is 35.0. The van der Waals surface area contributed by atoms with E-state index in [1.165, 1.54) is 53.4 Å². The topological polar surface area (TPSA) is 132 Å². The van der Waals surface area contributed by atoms with Crippen LogP contribution in [-0.4, -0.2) is 97.8 Å². The molecule has 13 heteroatoms. The minimum Gasteiger partial charge on any atom is -0.381 e. The van der Waals surface area contributed by atoms with Crippen LogP contribution in [0.5, 0.6) is 0 Å². The SMILES string of the molecule is CCCCNc1ncc2c(-c3ccc(CN4CCN(CCCOCCCc5ccc6c(c5)n(C)c(=O)n6[C@H]5CCC(=O)NC5=O)CC4)cc3)cn(C3CCCCC3)c2n1. The van der Waals surface area contributed by atoms with Crippen LogP contribution < -0.4 is 16.3 Å². The maximum atomic E-state index is 13.1. The molecular weight excluding hydrogens is 743 g/mol. The summed E-state index contributed by atoms with van der Waals surface area (Å²) in [5.74, 6) is 0.0284. The van der Waals surface area contributed by atoms with Gasteiger partial charge in [-0.3, -0.25) is 28.9 Å². The molecule has 314 valence electrons. The Bertz CT molecular complexity index is 2280. The standard InChI is InChI=1S/C46H61N9O4/c1-3-4-21-47-45-48-30-37-38(32-54(43(37)50-45)36-11-6-5-7-12-36)35-16-13-34(14-17-35)31-53-25-23-52(24-26-53)22-9-28-59-27-8-10-33-15-18-39-41(29-33)51(2)46(58)55(39)40-19-20-42(56)49-44(40)57/h13-18,29-30,32,36,40H,3-12,19-28,31H2,1-2H3,(H,47,48,50)(H,49,56,57)/t40-/m0/s1. The van der Waals surface area contributed by atoms with Crippen LogP contribution in [0.25, 0.3) is 33.2 Å². The summed E-state index contributed by atoms with van der Waals surface area (Å²) in [6.45, 7) is 10.8. The number of fused-ring (bicyclic) bond motifs is 2. The Morgan fingerprint density at radius 1 is 0.864 bits per heavy atom. The van der Waals surface area contributed by atoms with Crippen LogP contribution in [0.4, 0.5) is 5.95 Å². The Morgan fingerprint density at radius 2 is 1.63 bits per heavy atom. The second-order valence-electron chi connectivity index (χ2n) is 16.8. The number of unbranched alkanes of at least 4 members (excludes halogenated alkanes) is 1. The van der Waals surface area contributed by atoms with E-state index in [-0.39, 0.29) is 18.0 Å².